The van der Waals surface area contributed by atoms with Crippen LogP contribution in [0.2, 0.25) is 0 Å². The smallest absolute Gasteiger partial charge is 0.238 e. The van der Waals surface area contributed by atoms with Gasteiger partial charge >= 0.3 is 0 Å². The summed E-state index contributed by atoms with van der Waals surface area (Å²) in [5.74, 6) is 1.67. The highest BCUT2D eigenvalue weighted by Gasteiger charge is 2.27. The van der Waals surface area contributed by atoms with E-state index in [-0.39, 0.29) is 24.2 Å². The Kier molecular flexibility index (Phi) is 7.74. The van der Waals surface area contributed by atoms with Gasteiger partial charge in [0, 0.05) is 18.2 Å². The van der Waals surface area contributed by atoms with Crippen molar-refractivity contribution in [2.75, 3.05) is 38.2 Å². The van der Waals surface area contributed by atoms with Crippen molar-refractivity contribution in [1.29, 1.82) is 0 Å². The molecule has 1 fully saturated rings. The average Bonchev–Trinajstić information content (AvgIpc) is 3.32. The van der Waals surface area contributed by atoms with Gasteiger partial charge < -0.3 is 19.3 Å². The SMILES string of the molecule is CCOc1ccc(OCC)c(NC(=O)CN2CCCC(c3nc(-c4cccc(F)c4)no3)C2)c1. The van der Waals surface area contributed by atoms with Crippen molar-refractivity contribution in [3.05, 3.63) is 54.2 Å². The maximum atomic E-state index is 13.5. The van der Waals surface area contributed by atoms with Crippen LogP contribution in [0.3, 0.4) is 0 Å². The summed E-state index contributed by atoms with van der Waals surface area (Å²) in [4.78, 5) is 19.4. The quantitative estimate of drug-likeness (QED) is 0.495. The second kappa shape index (κ2) is 11.1. The van der Waals surface area contributed by atoms with Crippen LogP contribution < -0.4 is 14.8 Å². The molecule has 1 unspecified atom stereocenters. The molecule has 2 aromatic carbocycles. The van der Waals surface area contributed by atoms with E-state index >= 15 is 0 Å². The fraction of sp³-hybridized carbons (Fsp3) is 0.400. The molecule has 1 amide bonds. The normalized spacial score (nSPS) is 16.3. The van der Waals surface area contributed by atoms with Crippen LogP contribution in [0.1, 0.15) is 38.5 Å². The van der Waals surface area contributed by atoms with Crippen molar-refractivity contribution in [3.8, 4) is 22.9 Å². The van der Waals surface area contributed by atoms with Gasteiger partial charge in [-0.3, -0.25) is 9.69 Å². The van der Waals surface area contributed by atoms with Gasteiger partial charge in [0.15, 0.2) is 0 Å². The van der Waals surface area contributed by atoms with E-state index in [1.807, 2.05) is 19.9 Å². The molecule has 0 saturated carbocycles. The minimum absolute atomic E-state index is 0.0108. The van der Waals surface area contributed by atoms with Crippen LogP contribution in [-0.4, -0.2) is 53.8 Å². The lowest BCUT2D eigenvalue weighted by atomic mass is 9.98. The molecule has 0 aliphatic carbocycles. The lowest BCUT2D eigenvalue weighted by Gasteiger charge is -2.30. The molecule has 0 bridgehead atoms. The van der Waals surface area contributed by atoms with Gasteiger partial charge in [0.05, 0.1) is 31.4 Å². The summed E-state index contributed by atoms with van der Waals surface area (Å²) in [5, 5.41) is 6.97. The van der Waals surface area contributed by atoms with Gasteiger partial charge in [0.1, 0.15) is 17.3 Å². The number of rotatable bonds is 9. The summed E-state index contributed by atoms with van der Waals surface area (Å²) >= 11 is 0. The maximum absolute atomic E-state index is 13.5. The van der Waals surface area contributed by atoms with Gasteiger partial charge in [-0.1, -0.05) is 17.3 Å². The van der Waals surface area contributed by atoms with Crippen molar-refractivity contribution < 1.29 is 23.2 Å². The van der Waals surface area contributed by atoms with Gasteiger partial charge in [0.25, 0.3) is 0 Å². The second-order valence-electron chi connectivity index (χ2n) is 8.11. The Bertz CT molecular complexity index is 1120. The number of aromatic nitrogens is 2. The highest BCUT2D eigenvalue weighted by atomic mass is 19.1. The molecule has 0 spiro atoms. The predicted molar refractivity (Wildman–Crippen MR) is 126 cm³/mol. The molecule has 1 saturated heterocycles. The van der Waals surface area contributed by atoms with Gasteiger partial charge in [-0.25, -0.2) is 4.39 Å². The minimum atomic E-state index is -0.349. The van der Waals surface area contributed by atoms with Gasteiger partial charge in [-0.05, 0) is 57.5 Å². The third kappa shape index (κ3) is 5.91. The molecule has 2 heterocycles. The van der Waals surface area contributed by atoms with Crippen molar-refractivity contribution in [1.82, 2.24) is 15.0 Å². The number of benzene rings is 2. The van der Waals surface area contributed by atoms with Crippen molar-refractivity contribution >= 4 is 11.6 Å². The van der Waals surface area contributed by atoms with Gasteiger partial charge in [-0.2, -0.15) is 4.98 Å². The highest BCUT2D eigenvalue weighted by Crippen LogP contribution is 2.30. The summed E-state index contributed by atoms with van der Waals surface area (Å²) in [7, 11) is 0. The number of nitrogens with one attached hydrogen (secondary N) is 1. The molecule has 8 nitrogen and oxygen atoms in total. The largest absolute Gasteiger partial charge is 0.494 e. The minimum Gasteiger partial charge on any atom is -0.494 e. The van der Waals surface area contributed by atoms with Crippen molar-refractivity contribution in [2.45, 2.75) is 32.6 Å². The Labute approximate surface area is 198 Å². The first kappa shape index (κ1) is 23.7. The molecular weight excluding hydrogens is 439 g/mol. The van der Waals surface area contributed by atoms with E-state index in [1.165, 1.54) is 12.1 Å². The molecule has 1 aliphatic rings. The van der Waals surface area contributed by atoms with E-state index in [2.05, 4.69) is 20.4 Å². The number of carbonyl (C=O) groups excluding carboxylic acids is 1. The zero-order valence-electron chi connectivity index (χ0n) is 19.4. The number of nitrogens with zero attached hydrogens (tertiary/aromatic N) is 3. The van der Waals surface area contributed by atoms with E-state index in [0.29, 0.717) is 54.2 Å². The molecule has 4 rings (SSSR count). The third-order valence-corrected chi connectivity index (χ3v) is 5.58. The Balaban J connectivity index is 1.39. The van der Waals surface area contributed by atoms with Crippen LogP contribution in [0, 0.1) is 5.82 Å². The molecular formula is C25H29FN4O4. The number of ether oxygens (including phenoxy) is 2. The average molecular weight is 469 g/mol. The molecule has 9 heteroatoms. The van der Waals surface area contributed by atoms with Crippen molar-refractivity contribution in [3.63, 3.8) is 0 Å². The fourth-order valence-electron chi connectivity index (χ4n) is 4.08. The second-order valence-corrected chi connectivity index (χ2v) is 8.11. The standard InChI is InChI=1S/C25H29FN4O4/c1-3-32-20-10-11-22(33-4-2)21(14-20)27-23(31)16-30-12-6-8-18(15-30)25-28-24(29-34-25)17-7-5-9-19(26)13-17/h5,7,9-11,13-14,18H,3-4,6,8,12,15-16H2,1-2H3,(H,27,31). The first-order valence-electron chi connectivity index (χ1n) is 11.6. The zero-order chi connectivity index (χ0) is 23.9. The molecule has 1 atom stereocenters. The van der Waals surface area contributed by atoms with Crippen LogP contribution in [0.4, 0.5) is 10.1 Å². The zero-order valence-corrected chi connectivity index (χ0v) is 19.4. The van der Waals surface area contributed by atoms with E-state index in [4.69, 9.17) is 14.0 Å². The lowest BCUT2D eigenvalue weighted by Crippen LogP contribution is -2.39. The number of hydrogen-bond donors (Lipinski definition) is 1. The Morgan fingerprint density at radius 2 is 2.06 bits per heavy atom. The Hall–Kier alpha value is -3.46. The van der Waals surface area contributed by atoms with E-state index in [1.54, 1.807) is 24.3 Å². The highest BCUT2D eigenvalue weighted by molar-refractivity contribution is 5.94. The number of carbonyl (C=O) groups is 1. The maximum Gasteiger partial charge on any atom is 0.238 e. The van der Waals surface area contributed by atoms with Crippen LogP contribution in [0.15, 0.2) is 47.0 Å². The van der Waals surface area contributed by atoms with Crippen LogP contribution in [0.5, 0.6) is 11.5 Å². The van der Waals surface area contributed by atoms with Crippen LogP contribution >= 0.6 is 0 Å². The monoisotopic (exact) mass is 468 g/mol. The summed E-state index contributed by atoms with van der Waals surface area (Å²) < 4.78 is 30.2. The predicted octanol–water partition coefficient (Wildman–Crippen LogP) is 4.49. The number of halogens is 1. The fourth-order valence-corrected chi connectivity index (χ4v) is 4.08. The van der Waals surface area contributed by atoms with E-state index in [9.17, 15) is 9.18 Å². The molecule has 1 N–H and O–H groups in total. The molecule has 0 radical (unpaired) electrons. The number of anilines is 1. The lowest BCUT2D eigenvalue weighted by molar-refractivity contribution is -0.117. The number of likely N-dealkylation sites (tertiary alicyclic amines) is 1. The van der Waals surface area contributed by atoms with Gasteiger partial charge in [-0.15, -0.1) is 0 Å². The van der Waals surface area contributed by atoms with Crippen LogP contribution in [-0.2, 0) is 4.79 Å². The summed E-state index contributed by atoms with van der Waals surface area (Å²) in [6.07, 6.45) is 1.79. The first-order chi connectivity index (χ1) is 16.6. The molecule has 3 aromatic rings. The Morgan fingerprint density at radius 1 is 1.21 bits per heavy atom. The number of piperidine rings is 1. The molecule has 180 valence electrons. The Morgan fingerprint density at radius 3 is 2.85 bits per heavy atom. The van der Waals surface area contributed by atoms with Crippen LogP contribution in [0.25, 0.3) is 11.4 Å². The molecule has 1 aromatic heterocycles. The first-order valence-corrected chi connectivity index (χ1v) is 11.6. The van der Waals surface area contributed by atoms with Gasteiger partial charge in [0.2, 0.25) is 17.6 Å². The topological polar surface area (TPSA) is 89.7 Å². The summed E-state index contributed by atoms with van der Waals surface area (Å²) in [6, 6.07) is 11.5. The van der Waals surface area contributed by atoms with E-state index in [0.717, 1.165) is 19.4 Å². The number of hydrogen-bond acceptors (Lipinski definition) is 7. The number of amides is 1. The summed E-state index contributed by atoms with van der Waals surface area (Å²) in [6.45, 7) is 6.48. The van der Waals surface area contributed by atoms with Crippen molar-refractivity contribution in [2.24, 2.45) is 0 Å². The summed E-state index contributed by atoms with van der Waals surface area (Å²) in [5.41, 5.74) is 1.16. The molecule has 34 heavy (non-hydrogen) atoms. The molecule has 1 aliphatic heterocycles. The van der Waals surface area contributed by atoms with E-state index < -0.39 is 0 Å². The third-order valence-electron chi connectivity index (χ3n) is 5.58.